The Kier molecular flexibility index (Phi) is 3.26. The van der Waals surface area contributed by atoms with E-state index in [0.717, 1.165) is 12.0 Å². The zero-order valence-corrected chi connectivity index (χ0v) is 9.02. The first-order valence-corrected chi connectivity index (χ1v) is 6.21. The molecule has 2 unspecified atom stereocenters. The summed E-state index contributed by atoms with van der Waals surface area (Å²) in [7, 11) is 0. The largest absolute Gasteiger partial charge is 0.333 e. The average molecular weight is 182 g/mol. The lowest BCUT2D eigenvalue weighted by atomic mass is 9.85. The van der Waals surface area contributed by atoms with Crippen molar-refractivity contribution >= 4 is 0 Å². The minimum Gasteiger partial charge on any atom is -0.333 e. The first-order valence-electron chi connectivity index (χ1n) is 6.21. The van der Waals surface area contributed by atoms with E-state index in [-0.39, 0.29) is 0 Å². The molecule has 1 aliphatic carbocycles. The third-order valence-electron chi connectivity index (χ3n) is 4.01. The molecule has 76 valence electrons. The van der Waals surface area contributed by atoms with Crippen LogP contribution < -0.4 is 4.90 Å². The van der Waals surface area contributed by atoms with Crippen molar-refractivity contribution in [2.45, 2.75) is 57.9 Å². The third-order valence-corrected chi connectivity index (χ3v) is 4.01. The molecule has 1 aliphatic heterocycles. The van der Waals surface area contributed by atoms with Gasteiger partial charge in [0.25, 0.3) is 0 Å². The molecule has 0 spiro atoms. The lowest BCUT2D eigenvalue weighted by molar-refractivity contribution is -0.931. The summed E-state index contributed by atoms with van der Waals surface area (Å²) < 4.78 is 0. The molecule has 13 heavy (non-hydrogen) atoms. The van der Waals surface area contributed by atoms with Gasteiger partial charge in [-0.05, 0) is 38.0 Å². The maximum atomic E-state index is 2.44. The van der Waals surface area contributed by atoms with E-state index in [4.69, 9.17) is 0 Å². The predicted octanol–water partition coefficient (Wildman–Crippen LogP) is 1.63. The molecule has 2 atom stereocenters. The molecule has 0 aromatic carbocycles. The summed E-state index contributed by atoms with van der Waals surface area (Å²) >= 11 is 0. The lowest BCUT2D eigenvalue weighted by Crippen LogP contribution is -3.16. The number of quaternary nitrogens is 1. The van der Waals surface area contributed by atoms with Crippen LogP contribution >= 0.6 is 0 Å². The van der Waals surface area contributed by atoms with Crippen molar-refractivity contribution in [1.29, 1.82) is 0 Å². The minimum atomic E-state index is 1.01. The summed E-state index contributed by atoms with van der Waals surface area (Å²) in [6.07, 6.45) is 10.5. The first-order chi connectivity index (χ1) is 6.36. The van der Waals surface area contributed by atoms with Gasteiger partial charge >= 0.3 is 0 Å². The van der Waals surface area contributed by atoms with Gasteiger partial charge in [-0.1, -0.05) is 13.3 Å². The number of piperidine rings is 1. The van der Waals surface area contributed by atoms with Crippen molar-refractivity contribution in [3.8, 4) is 0 Å². The molecule has 1 N–H and O–H groups in total. The van der Waals surface area contributed by atoms with Crippen molar-refractivity contribution in [2.24, 2.45) is 5.92 Å². The topological polar surface area (TPSA) is 4.44 Å². The van der Waals surface area contributed by atoms with E-state index in [1.165, 1.54) is 58.0 Å². The van der Waals surface area contributed by atoms with Gasteiger partial charge in [0.1, 0.15) is 0 Å². The summed E-state index contributed by atoms with van der Waals surface area (Å²) in [4.78, 5) is 1.94. The van der Waals surface area contributed by atoms with Crippen LogP contribution in [0.5, 0.6) is 0 Å². The third kappa shape index (κ3) is 2.46. The highest BCUT2D eigenvalue weighted by molar-refractivity contribution is 4.70. The Morgan fingerprint density at radius 1 is 0.923 bits per heavy atom. The smallest absolute Gasteiger partial charge is 0.0877 e. The Morgan fingerprint density at radius 2 is 1.69 bits per heavy atom. The van der Waals surface area contributed by atoms with Crippen molar-refractivity contribution in [1.82, 2.24) is 0 Å². The fraction of sp³-hybridized carbons (Fsp3) is 1.00. The summed E-state index contributed by atoms with van der Waals surface area (Å²) in [5.74, 6) is 1.01. The van der Waals surface area contributed by atoms with Crippen molar-refractivity contribution in [3.63, 3.8) is 0 Å². The van der Waals surface area contributed by atoms with Gasteiger partial charge in [-0.2, -0.15) is 0 Å². The Bertz CT molecular complexity index is 149. The molecule has 2 aliphatic rings. The van der Waals surface area contributed by atoms with E-state index in [0.29, 0.717) is 0 Å². The highest BCUT2D eigenvalue weighted by Crippen LogP contribution is 2.22. The molecule has 1 heterocycles. The normalized spacial score (nSPS) is 37.6. The zero-order chi connectivity index (χ0) is 9.10. The Balaban J connectivity index is 1.83. The number of hydrogen-bond donors (Lipinski definition) is 1. The van der Waals surface area contributed by atoms with Crippen LogP contribution in [-0.2, 0) is 0 Å². The molecule has 1 heteroatoms. The van der Waals surface area contributed by atoms with Gasteiger partial charge in [-0.3, -0.25) is 0 Å². The maximum absolute atomic E-state index is 2.44. The molecule has 0 bridgehead atoms. The van der Waals surface area contributed by atoms with Gasteiger partial charge in [0.2, 0.25) is 0 Å². The van der Waals surface area contributed by atoms with Gasteiger partial charge < -0.3 is 4.90 Å². The quantitative estimate of drug-likeness (QED) is 0.629. The fourth-order valence-electron chi connectivity index (χ4n) is 3.22. The average Bonchev–Trinajstić information content (AvgIpc) is 2.19. The minimum absolute atomic E-state index is 1.01. The molecule has 0 radical (unpaired) electrons. The van der Waals surface area contributed by atoms with Gasteiger partial charge in [0.05, 0.1) is 19.1 Å². The van der Waals surface area contributed by atoms with E-state index in [1.807, 2.05) is 4.90 Å². The van der Waals surface area contributed by atoms with Crippen LogP contribution in [0.4, 0.5) is 0 Å². The number of likely N-dealkylation sites (tertiary alicyclic amines) is 1. The zero-order valence-electron chi connectivity index (χ0n) is 9.02. The van der Waals surface area contributed by atoms with E-state index in [2.05, 4.69) is 6.92 Å². The Morgan fingerprint density at radius 3 is 2.38 bits per heavy atom. The van der Waals surface area contributed by atoms with E-state index in [1.54, 1.807) is 0 Å². The summed E-state index contributed by atoms with van der Waals surface area (Å²) in [6, 6.07) is 1.03. The predicted molar refractivity (Wildman–Crippen MR) is 56.0 cm³/mol. The molecule has 1 saturated heterocycles. The van der Waals surface area contributed by atoms with Crippen LogP contribution in [0.3, 0.4) is 0 Å². The molecular formula is C12H24N+. The highest BCUT2D eigenvalue weighted by Gasteiger charge is 2.28. The van der Waals surface area contributed by atoms with E-state index < -0.39 is 0 Å². The Hall–Kier alpha value is -0.0400. The molecule has 0 amide bonds. The van der Waals surface area contributed by atoms with E-state index in [9.17, 15) is 0 Å². The molecule has 0 aromatic heterocycles. The first kappa shape index (κ1) is 9.51. The van der Waals surface area contributed by atoms with Crippen LogP contribution in [0.1, 0.15) is 51.9 Å². The number of nitrogens with one attached hydrogen (secondary N) is 1. The highest BCUT2D eigenvalue weighted by atomic mass is 15.2. The molecular weight excluding hydrogens is 158 g/mol. The molecule has 1 saturated carbocycles. The van der Waals surface area contributed by atoms with Crippen LogP contribution in [0, 0.1) is 5.92 Å². The second-order valence-corrected chi connectivity index (χ2v) is 5.19. The summed E-state index contributed by atoms with van der Waals surface area (Å²) in [5, 5.41) is 0. The summed E-state index contributed by atoms with van der Waals surface area (Å²) in [5.41, 5.74) is 0. The van der Waals surface area contributed by atoms with Gasteiger partial charge in [-0.15, -0.1) is 0 Å². The number of hydrogen-bond acceptors (Lipinski definition) is 0. The second kappa shape index (κ2) is 4.45. The second-order valence-electron chi connectivity index (χ2n) is 5.19. The van der Waals surface area contributed by atoms with Crippen LogP contribution in [0.2, 0.25) is 0 Å². The monoisotopic (exact) mass is 182 g/mol. The van der Waals surface area contributed by atoms with Crippen molar-refractivity contribution < 1.29 is 4.90 Å². The molecule has 1 nitrogen and oxygen atoms in total. The van der Waals surface area contributed by atoms with Gasteiger partial charge in [-0.25, -0.2) is 0 Å². The molecule has 2 fully saturated rings. The number of rotatable bonds is 1. The maximum Gasteiger partial charge on any atom is 0.0877 e. The van der Waals surface area contributed by atoms with Crippen LogP contribution in [0.15, 0.2) is 0 Å². The SMILES string of the molecule is CC1CCCC([NH+]2CCCCC2)C1. The van der Waals surface area contributed by atoms with E-state index >= 15 is 0 Å². The van der Waals surface area contributed by atoms with Crippen molar-refractivity contribution in [2.75, 3.05) is 13.1 Å². The molecule has 2 rings (SSSR count). The Labute approximate surface area is 82.5 Å². The standard InChI is InChI=1S/C12H23N/c1-11-6-5-7-12(10-11)13-8-3-2-4-9-13/h11-12H,2-10H2,1H3/p+1. The van der Waals surface area contributed by atoms with Crippen LogP contribution in [-0.4, -0.2) is 19.1 Å². The molecule has 0 aromatic rings. The summed E-state index contributed by atoms with van der Waals surface area (Å²) in [6.45, 7) is 5.38. The van der Waals surface area contributed by atoms with Crippen LogP contribution in [0.25, 0.3) is 0 Å². The fourth-order valence-corrected chi connectivity index (χ4v) is 3.22. The van der Waals surface area contributed by atoms with Gasteiger partial charge in [0.15, 0.2) is 0 Å². The van der Waals surface area contributed by atoms with Gasteiger partial charge in [0, 0.05) is 6.42 Å². The lowest BCUT2D eigenvalue weighted by Gasteiger charge is -2.35. The van der Waals surface area contributed by atoms with Crippen molar-refractivity contribution in [3.05, 3.63) is 0 Å².